The Kier molecular flexibility index (Phi) is 8.66. The molecule has 3 heterocycles. The number of benzene rings is 2. The van der Waals surface area contributed by atoms with Crippen molar-refractivity contribution in [2.24, 2.45) is 7.05 Å². The number of nitrogens with zero attached hydrogens (tertiary/aromatic N) is 4. The molecule has 4 aromatic rings. The first-order valence-electron chi connectivity index (χ1n) is 13.8. The van der Waals surface area contributed by atoms with Gasteiger partial charge in [-0.05, 0) is 48.4 Å². The molecule has 1 saturated heterocycles. The summed E-state index contributed by atoms with van der Waals surface area (Å²) in [6, 6.07) is 2.91. The van der Waals surface area contributed by atoms with E-state index >= 15 is 8.78 Å². The fraction of sp³-hybridized carbons (Fsp3) is 0.300. The number of rotatable bonds is 7. The van der Waals surface area contributed by atoms with Gasteiger partial charge in [0, 0.05) is 31.9 Å². The standard InChI is InChI=1S/C30H26F5N5O6/c1-15-9-17(39-7-8-46-14-24(39)30(33,34)35)12-20(32)25(15)26(41)37-21(28(43)44)11-16-3-4-22(19(31)10-16)40-27(42)18-5-6-36-13-23(18)38(2)29(40)45/h3-6,9-10,12-13,21,24H,7-8,11,14H2,1-2H3,(H,37,41)(H,43,44)/t21-,24+/m0/s1. The van der Waals surface area contributed by atoms with Gasteiger partial charge in [0.05, 0.1) is 41.6 Å². The molecule has 46 heavy (non-hydrogen) atoms. The van der Waals surface area contributed by atoms with Crippen molar-refractivity contribution in [3.63, 3.8) is 0 Å². The first-order valence-corrected chi connectivity index (χ1v) is 13.8. The van der Waals surface area contributed by atoms with Gasteiger partial charge < -0.3 is 20.1 Å². The maximum Gasteiger partial charge on any atom is 0.411 e. The molecule has 0 unspecified atom stereocenters. The van der Waals surface area contributed by atoms with Crippen molar-refractivity contribution >= 4 is 28.5 Å². The van der Waals surface area contributed by atoms with E-state index in [1.54, 1.807) is 0 Å². The van der Waals surface area contributed by atoms with Crippen LogP contribution in [-0.4, -0.2) is 69.1 Å². The molecule has 0 bridgehead atoms. The van der Waals surface area contributed by atoms with Gasteiger partial charge in [0.15, 0.2) is 0 Å². The van der Waals surface area contributed by atoms with Crippen LogP contribution in [0.5, 0.6) is 0 Å². The number of carbonyl (C=O) groups excluding carboxylic acids is 1. The Morgan fingerprint density at radius 3 is 2.52 bits per heavy atom. The van der Waals surface area contributed by atoms with E-state index < -0.39 is 77.3 Å². The molecule has 2 N–H and O–H groups in total. The minimum Gasteiger partial charge on any atom is -0.480 e. The lowest BCUT2D eigenvalue weighted by atomic mass is 10.0. The van der Waals surface area contributed by atoms with Gasteiger partial charge in [-0.1, -0.05) is 6.07 Å². The summed E-state index contributed by atoms with van der Waals surface area (Å²) < 4.78 is 77.8. The monoisotopic (exact) mass is 647 g/mol. The maximum absolute atomic E-state index is 15.3. The van der Waals surface area contributed by atoms with Crippen LogP contribution < -0.4 is 21.5 Å². The molecule has 1 fully saturated rings. The maximum atomic E-state index is 15.3. The topological polar surface area (TPSA) is 136 Å². The van der Waals surface area contributed by atoms with Gasteiger partial charge in [-0.3, -0.25) is 19.1 Å². The van der Waals surface area contributed by atoms with E-state index in [9.17, 15) is 37.5 Å². The van der Waals surface area contributed by atoms with Crippen LogP contribution in [-0.2, 0) is 23.0 Å². The van der Waals surface area contributed by atoms with Crippen molar-refractivity contribution in [1.82, 2.24) is 19.4 Å². The summed E-state index contributed by atoms with van der Waals surface area (Å²) in [6.07, 6.45) is -2.48. The quantitative estimate of drug-likeness (QED) is 0.293. The zero-order valence-corrected chi connectivity index (χ0v) is 24.3. The van der Waals surface area contributed by atoms with E-state index in [4.69, 9.17) is 4.74 Å². The third kappa shape index (κ3) is 6.07. The molecule has 2 aromatic heterocycles. The van der Waals surface area contributed by atoms with E-state index in [0.29, 0.717) is 4.57 Å². The largest absolute Gasteiger partial charge is 0.480 e. The molecular weight excluding hydrogens is 621 g/mol. The number of anilines is 1. The van der Waals surface area contributed by atoms with Crippen molar-refractivity contribution in [2.45, 2.75) is 31.6 Å². The summed E-state index contributed by atoms with van der Waals surface area (Å²) >= 11 is 0. The first-order chi connectivity index (χ1) is 21.7. The number of halogens is 5. The number of carbonyl (C=O) groups is 2. The number of aromatic nitrogens is 3. The number of hydrogen-bond donors (Lipinski definition) is 2. The molecule has 16 heteroatoms. The van der Waals surface area contributed by atoms with Crippen molar-refractivity contribution < 1.29 is 41.4 Å². The second kappa shape index (κ2) is 12.3. The molecule has 1 amide bonds. The van der Waals surface area contributed by atoms with E-state index in [1.165, 1.54) is 44.6 Å². The Bertz CT molecular complexity index is 1950. The molecule has 0 spiro atoms. The number of nitrogens with one attached hydrogen (secondary N) is 1. The molecule has 5 rings (SSSR count). The Balaban J connectivity index is 1.39. The lowest BCUT2D eigenvalue weighted by Crippen LogP contribution is -2.53. The van der Waals surface area contributed by atoms with E-state index in [1.807, 2.05) is 0 Å². The number of alkyl halides is 3. The van der Waals surface area contributed by atoms with Crippen LogP contribution in [0.1, 0.15) is 21.5 Å². The highest BCUT2D eigenvalue weighted by Crippen LogP contribution is 2.33. The van der Waals surface area contributed by atoms with E-state index in [0.717, 1.165) is 27.7 Å². The first kappa shape index (κ1) is 32.3. The second-order valence-corrected chi connectivity index (χ2v) is 10.7. The highest BCUT2D eigenvalue weighted by molar-refractivity contribution is 5.98. The van der Waals surface area contributed by atoms with Gasteiger partial charge in [0.2, 0.25) is 0 Å². The van der Waals surface area contributed by atoms with Crippen LogP contribution in [0.4, 0.5) is 27.6 Å². The van der Waals surface area contributed by atoms with Gasteiger partial charge >= 0.3 is 17.8 Å². The molecule has 2 atom stereocenters. The van der Waals surface area contributed by atoms with Crippen LogP contribution in [0, 0.1) is 18.6 Å². The predicted molar refractivity (Wildman–Crippen MR) is 154 cm³/mol. The highest BCUT2D eigenvalue weighted by atomic mass is 19.4. The van der Waals surface area contributed by atoms with Crippen molar-refractivity contribution in [3.05, 3.63) is 98.0 Å². The highest BCUT2D eigenvalue weighted by Gasteiger charge is 2.45. The van der Waals surface area contributed by atoms with Crippen LogP contribution in [0.25, 0.3) is 16.6 Å². The second-order valence-electron chi connectivity index (χ2n) is 10.7. The molecular formula is C30H26F5N5O6. The number of ether oxygens (including phenoxy) is 1. The summed E-state index contributed by atoms with van der Waals surface area (Å²) in [6.45, 7) is 0.447. The number of carboxylic acids is 1. The number of morpholine rings is 1. The predicted octanol–water partition coefficient (Wildman–Crippen LogP) is 2.86. The van der Waals surface area contributed by atoms with Gasteiger partial charge in [-0.25, -0.2) is 22.9 Å². The average molecular weight is 648 g/mol. The molecule has 2 aromatic carbocycles. The summed E-state index contributed by atoms with van der Waals surface area (Å²) in [5.41, 5.74) is -2.49. The fourth-order valence-corrected chi connectivity index (χ4v) is 5.40. The Morgan fingerprint density at radius 1 is 1.13 bits per heavy atom. The Hall–Kier alpha value is -5.12. The molecule has 11 nitrogen and oxygen atoms in total. The molecule has 1 aliphatic rings. The zero-order valence-electron chi connectivity index (χ0n) is 24.3. The van der Waals surface area contributed by atoms with Gasteiger partial charge in [0.25, 0.3) is 11.5 Å². The molecule has 0 radical (unpaired) electrons. The van der Waals surface area contributed by atoms with Crippen LogP contribution in [0.3, 0.4) is 0 Å². The number of carboxylic acid groups (broad SMARTS) is 1. The molecule has 0 aliphatic carbocycles. The smallest absolute Gasteiger partial charge is 0.411 e. The zero-order chi connectivity index (χ0) is 33.5. The van der Waals surface area contributed by atoms with Crippen molar-refractivity contribution in [2.75, 3.05) is 24.7 Å². The summed E-state index contributed by atoms with van der Waals surface area (Å²) in [4.78, 5) is 55.8. The summed E-state index contributed by atoms with van der Waals surface area (Å²) in [5.74, 6) is -4.89. The van der Waals surface area contributed by atoms with Gasteiger partial charge in [0.1, 0.15) is 23.7 Å². The van der Waals surface area contributed by atoms with Crippen molar-refractivity contribution in [3.8, 4) is 5.69 Å². The van der Waals surface area contributed by atoms with Gasteiger partial charge in [-0.2, -0.15) is 13.2 Å². The fourth-order valence-electron chi connectivity index (χ4n) is 5.40. The molecule has 0 saturated carbocycles. The van der Waals surface area contributed by atoms with Crippen LogP contribution >= 0.6 is 0 Å². The Labute approximate surface area is 256 Å². The SMILES string of the molecule is Cc1cc(N2CCOC[C@@H]2C(F)(F)F)cc(F)c1C(=O)N[C@@H](Cc1ccc(-n2c(=O)c3ccncc3n(C)c2=O)c(F)c1)C(=O)O. The number of amides is 1. The molecule has 242 valence electrons. The van der Waals surface area contributed by atoms with Crippen molar-refractivity contribution in [1.29, 1.82) is 0 Å². The number of aliphatic carboxylic acids is 1. The normalized spacial score (nSPS) is 16.0. The van der Waals surface area contributed by atoms with E-state index in [-0.39, 0.29) is 40.9 Å². The van der Waals surface area contributed by atoms with Gasteiger partial charge in [-0.15, -0.1) is 0 Å². The van der Waals surface area contributed by atoms with Crippen LogP contribution in [0.15, 0.2) is 58.4 Å². The number of aryl methyl sites for hydroxylation is 2. The Morgan fingerprint density at radius 2 is 1.87 bits per heavy atom. The van der Waals surface area contributed by atoms with Crippen LogP contribution in [0.2, 0.25) is 0 Å². The molecule has 1 aliphatic heterocycles. The third-order valence-electron chi connectivity index (χ3n) is 7.71. The number of pyridine rings is 1. The average Bonchev–Trinajstić information content (AvgIpc) is 3.00. The summed E-state index contributed by atoms with van der Waals surface area (Å²) in [7, 11) is 1.38. The minimum absolute atomic E-state index is 0.0231. The lowest BCUT2D eigenvalue weighted by Gasteiger charge is -2.38. The van der Waals surface area contributed by atoms with E-state index in [2.05, 4.69) is 10.3 Å². The third-order valence-corrected chi connectivity index (χ3v) is 7.71. The lowest BCUT2D eigenvalue weighted by molar-refractivity contribution is -0.167. The minimum atomic E-state index is -4.66. The number of hydrogen-bond acceptors (Lipinski definition) is 7. The number of fused-ring (bicyclic) bond motifs is 1. The summed E-state index contributed by atoms with van der Waals surface area (Å²) in [5, 5.41) is 12.1.